The number of alkyl halides is 1. The van der Waals surface area contributed by atoms with Crippen LogP contribution in [0.1, 0.15) is 59.3 Å². The number of hydrogen-bond acceptors (Lipinski definition) is 0. The van der Waals surface area contributed by atoms with Crippen LogP contribution in [0.3, 0.4) is 0 Å². The molecule has 1 unspecified atom stereocenters. The summed E-state index contributed by atoms with van der Waals surface area (Å²) in [7, 11) is 0. The van der Waals surface area contributed by atoms with Gasteiger partial charge in [-0.3, -0.25) is 0 Å². The molecule has 1 atom stereocenters. The molecule has 0 amide bonds. The van der Waals surface area contributed by atoms with Crippen LogP contribution in [0.4, 0.5) is 0 Å². The van der Waals surface area contributed by atoms with E-state index in [2.05, 4.69) is 36.7 Å². The van der Waals surface area contributed by atoms with E-state index in [4.69, 9.17) is 0 Å². The lowest BCUT2D eigenvalue weighted by atomic mass is 9.82. The Labute approximate surface area is 98.0 Å². The van der Waals surface area contributed by atoms with E-state index >= 15 is 0 Å². The lowest BCUT2D eigenvalue weighted by Gasteiger charge is -2.25. The fraction of sp³-hybridized carbons (Fsp3) is 1.00. The Kier molecular flexibility index (Phi) is 4.96. The smallest absolute Gasteiger partial charge is 0.00623 e. The fourth-order valence-corrected chi connectivity index (χ4v) is 3.34. The lowest BCUT2D eigenvalue weighted by Crippen LogP contribution is -2.16. The highest BCUT2D eigenvalue weighted by molar-refractivity contribution is 9.09. The molecule has 0 saturated heterocycles. The summed E-state index contributed by atoms with van der Waals surface area (Å²) in [5, 5.41) is 1.22. The molecular formula is C13H25Br. The van der Waals surface area contributed by atoms with Gasteiger partial charge in [-0.2, -0.15) is 0 Å². The molecule has 0 aromatic carbocycles. The molecule has 1 saturated carbocycles. The van der Waals surface area contributed by atoms with E-state index in [1.165, 1.54) is 43.9 Å². The van der Waals surface area contributed by atoms with Crippen molar-refractivity contribution in [2.24, 2.45) is 17.3 Å². The quantitative estimate of drug-likeness (QED) is 0.624. The van der Waals surface area contributed by atoms with E-state index in [9.17, 15) is 0 Å². The Balaban J connectivity index is 2.31. The van der Waals surface area contributed by atoms with Crippen LogP contribution in [-0.2, 0) is 0 Å². The van der Waals surface area contributed by atoms with Crippen molar-refractivity contribution in [3.05, 3.63) is 0 Å². The molecule has 0 N–H and O–H groups in total. The normalized spacial score (nSPS) is 21.4. The van der Waals surface area contributed by atoms with Crippen molar-refractivity contribution >= 4 is 15.9 Å². The topological polar surface area (TPSA) is 0 Å². The van der Waals surface area contributed by atoms with Crippen LogP contribution in [0.2, 0.25) is 0 Å². The summed E-state index contributed by atoms with van der Waals surface area (Å²) >= 11 is 3.69. The van der Waals surface area contributed by atoms with Crippen LogP contribution in [0.25, 0.3) is 0 Å². The standard InChI is InChI=1S/C13H25Br/c1-13(2,3)9-8-12(10-14)11-6-4-5-7-11/h11-12H,4-10H2,1-3H3. The average Bonchev–Trinajstić information content (AvgIpc) is 2.56. The fourth-order valence-electron chi connectivity index (χ4n) is 2.49. The first kappa shape index (κ1) is 12.5. The molecule has 84 valence electrons. The Morgan fingerprint density at radius 3 is 2.21 bits per heavy atom. The highest BCUT2D eigenvalue weighted by Crippen LogP contribution is 2.36. The molecular weight excluding hydrogens is 236 g/mol. The Morgan fingerprint density at radius 1 is 1.21 bits per heavy atom. The molecule has 0 aliphatic heterocycles. The molecule has 14 heavy (non-hydrogen) atoms. The first-order chi connectivity index (χ1) is 6.53. The van der Waals surface area contributed by atoms with Crippen LogP contribution >= 0.6 is 15.9 Å². The van der Waals surface area contributed by atoms with Gasteiger partial charge in [0.1, 0.15) is 0 Å². The monoisotopic (exact) mass is 260 g/mol. The van der Waals surface area contributed by atoms with Gasteiger partial charge in [0, 0.05) is 5.33 Å². The summed E-state index contributed by atoms with van der Waals surface area (Å²) in [5.41, 5.74) is 0.513. The van der Waals surface area contributed by atoms with E-state index in [-0.39, 0.29) is 0 Å². The van der Waals surface area contributed by atoms with Crippen LogP contribution in [-0.4, -0.2) is 5.33 Å². The second kappa shape index (κ2) is 5.53. The molecule has 0 aromatic rings. The number of halogens is 1. The molecule has 1 rings (SSSR count). The Hall–Kier alpha value is 0.480. The second-order valence-electron chi connectivity index (χ2n) is 6.06. The van der Waals surface area contributed by atoms with Crippen molar-refractivity contribution in [2.45, 2.75) is 59.3 Å². The highest BCUT2D eigenvalue weighted by Gasteiger charge is 2.25. The highest BCUT2D eigenvalue weighted by atomic mass is 79.9. The van der Waals surface area contributed by atoms with Gasteiger partial charge in [-0.05, 0) is 30.1 Å². The SMILES string of the molecule is CC(C)(C)CCC(CBr)C1CCCC1. The predicted octanol–water partition coefficient (Wildman–Crippen LogP) is 5.01. The minimum absolute atomic E-state index is 0.513. The zero-order chi connectivity index (χ0) is 10.6. The van der Waals surface area contributed by atoms with E-state index in [1.807, 2.05) is 0 Å². The van der Waals surface area contributed by atoms with Gasteiger partial charge in [0.2, 0.25) is 0 Å². The molecule has 1 aliphatic rings. The van der Waals surface area contributed by atoms with Crippen molar-refractivity contribution in [1.29, 1.82) is 0 Å². The minimum atomic E-state index is 0.513. The Bertz CT molecular complexity index is 151. The summed E-state index contributed by atoms with van der Waals surface area (Å²) in [4.78, 5) is 0. The Morgan fingerprint density at radius 2 is 1.79 bits per heavy atom. The summed E-state index contributed by atoms with van der Waals surface area (Å²) in [6, 6.07) is 0. The van der Waals surface area contributed by atoms with Gasteiger partial charge in [-0.15, -0.1) is 0 Å². The van der Waals surface area contributed by atoms with Crippen molar-refractivity contribution < 1.29 is 0 Å². The average molecular weight is 261 g/mol. The van der Waals surface area contributed by atoms with E-state index < -0.39 is 0 Å². The van der Waals surface area contributed by atoms with Crippen molar-refractivity contribution in [3.63, 3.8) is 0 Å². The van der Waals surface area contributed by atoms with Gasteiger partial charge >= 0.3 is 0 Å². The van der Waals surface area contributed by atoms with Crippen LogP contribution in [0, 0.1) is 17.3 Å². The minimum Gasteiger partial charge on any atom is -0.0925 e. The summed E-state index contributed by atoms with van der Waals surface area (Å²) < 4.78 is 0. The molecule has 1 fully saturated rings. The van der Waals surface area contributed by atoms with Crippen LogP contribution < -0.4 is 0 Å². The van der Waals surface area contributed by atoms with Gasteiger partial charge in [-0.1, -0.05) is 62.4 Å². The maximum absolute atomic E-state index is 3.69. The molecule has 0 bridgehead atoms. The second-order valence-corrected chi connectivity index (χ2v) is 6.71. The first-order valence-corrected chi connectivity index (χ1v) is 7.21. The third-order valence-corrected chi connectivity index (χ3v) is 4.36. The molecule has 0 nitrogen and oxygen atoms in total. The van der Waals surface area contributed by atoms with Crippen molar-refractivity contribution in [1.82, 2.24) is 0 Å². The van der Waals surface area contributed by atoms with E-state index in [1.54, 1.807) is 0 Å². The van der Waals surface area contributed by atoms with Gasteiger partial charge in [-0.25, -0.2) is 0 Å². The largest absolute Gasteiger partial charge is 0.0925 e. The van der Waals surface area contributed by atoms with Gasteiger partial charge in [0.25, 0.3) is 0 Å². The molecule has 0 aromatic heterocycles. The van der Waals surface area contributed by atoms with E-state index in [0.29, 0.717) is 5.41 Å². The van der Waals surface area contributed by atoms with Gasteiger partial charge in [0.15, 0.2) is 0 Å². The van der Waals surface area contributed by atoms with Crippen LogP contribution in [0.5, 0.6) is 0 Å². The molecule has 0 radical (unpaired) electrons. The number of hydrogen-bond donors (Lipinski definition) is 0. The van der Waals surface area contributed by atoms with Gasteiger partial charge in [0.05, 0.1) is 0 Å². The maximum Gasteiger partial charge on any atom is 0.00623 e. The molecule has 1 aliphatic carbocycles. The zero-order valence-corrected chi connectivity index (χ0v) is 11.6. The molecule has 1 heteroatoms. The van der Waals surface area contributed by atoms with Crippen molar-refractivity contribution in [3.8, 4) is 0 Å². The van der Waals surface area contributed by atoms with Gasteiger partial charge < -0.3 is 0 Å². The zero-order valence-electron chi connectivity index (χ0n) is 9.98. The lowest BCUT2D eigenvalue weighted by molar-refractivity contribution is 0.280. The van der Waals surface area contributed by atoms with E-state index in [0.717, 1.165) is 11.8 Å². The summed E-state index contributed by atoms with van der Waals surface area (Å²) in [6.45, 7) is 7.06. The van der Waals surface area contributed by atoms with Crippen molar-refractivity contribution in [2.75, 3.05) is 5.33 Å². The maximum atomic E-state index is 3.69. The number of rotatable bonds is 4. The van der Waals surface area contributed by atoms with Crippen LogP contribution in [0.15, 0.2) is 0 Å². The summed E-state index contributed by atoms with van der Waals surface area (Å²) in [6.07, 6.45) is 8.72. The molecule has 0 spiro atoms. The third-order valence-electron chi connectivity index (χ3n) is 3.53. The third kappa shape index (κ3) is 4.33. The predicted molar refractivity (Wildman–Crippen MR) is 67.9 cm³/mol. The molecule has 0 heterocycles. The summed E-state index contributed by atoms with van der Waals surface area (Å²) in [5.74, 6) is 1.97. The first-order valence-electron chi connectivity index (χ1n) is 6.09.